The Labute approximate surface area is 267 Å². The molecular formula is C28H28KN3O7. The summed E-state index contributed by atoms with van der Waals surface area (Å²) in [6.45, 7) is 3.31. The van der Waals surface area contributed by atoms with Crippen LogP contribution in [0.5, 0.6) is 11.5 Å². The van der Waals surface area contributed by atoms with Crippen LogP contribution in [0.2, 0.25) is 0 Å². The van der Waals surface area contributed by atoms with Gasteiger partial charge >= 0.3 is 57.1 Å². The van der Waals surface area contributed by atoms with Gasteiger partial charge in [-0.25, -0.2) is 4.79 Å². The standard InChI is InChI=1S/C28H29N3O7.K/c1-19-14-24(37-18-26(32)29-12-13-35-2)10-11-25(19)22-5-3-4-21(15-22)17-36-23-8-6-20(7-9-23)16-31-27(33)30-28(34)38-31;/h3-11,14-15H,12-13,16-18H2,1-2H3,(H2,29,30,32,33,34);/q;+1/p-1. The molecule has 1 N–H and O–H groups in total. The number of carbonyl (C=O) groups is 1. The molecule has 198 valence electrons. The largest absolute Gasteiger partial charge is 1.00 e. The first-order valence-corrected chi connectivity index (χ1v) is 12.0. The van der Waals surface area contributed by atoms with Gasteiger partial charge in [-0.15, -0.1) is 0 Å². The molecule has 0 saturated carbocycles. The van der Waals surface area contributed by atoms with Gasteiger partial charge in [0.1, 0.15) is 18.1 Å². The van der Waals surface area contributed by atoms with Gasteiger partial charge in [-0.05, 0) is 65.1 Å². The molecule has 0 atom stereocenters. The zero-order chi connectivity index (χ0) is 26.9. The van der Waals surface area contributed by atoms with Gasteiger partial charge in [0.15, 0.2) is 12.3 Å². The Balaban J connectivity index is 0.00000420. The zero-order valence-electron chi connectivity index (χ0n) is 22.1. The van der Waals surface area contributed by atoms with E-state index in [1.165, 1.54) is 0 Å². The minimum absolute atomic E-state index is 0. The smallest absolute Gasteiger partial charge is 0.489 e. The van der Waals surface area contributed by atoms with Crippen molar-refractivity contribution in [3.05, 3.63) is 104 Å². The van der Waals surface area contributed by atoms with Crippen molar-refractivity contribution in [3.63, 3.8) is 0 Å². The third-order valence-corrected chi connectivity index (χ3v) is 5.68. The average molecular weight is 558 g/mol. The molecule has 4 rings (SSSR count). The van der Waals surface area contributed by atoms with Crippen LogP contribution in [0.1, 0.15) is 16.7 Å². The number of aryl methyl sites for hydroxylation is 1. The molecule has 0 saturated heterocycles. The molecule has 4 aromatic rings. The van der Waals surface area contributed by atoms with Crippen molar-refractivity contribution in [2.75, 3.05) is 26.9 Å². The molecule has 0 aliphatic carbocycles. The fourth-order valence-corrected chi connectivity index (χ4v) is 3.78. The Bertz CT molecular complexity index is 1490. The Morgan fingerprint density at radius 3 is 2.44 bits per heavy atom. The first-order chi connectivity index (χ1) is 18.4. The van der Waals surface area contributed by atoms with Gasteiger partial charge in [0.2, 0.25) is 0 Å². The van der Waals surface area contributed by atoms with Gasteiger partial charge in [-0.2, -0.15) is 0 Å². The molecule has 39 heavy (non-hydrogen) atoms. The van der Waals surface area contributed by atoms with Crippen LogP contribution in [0.25, 0.3) is 11.1 Å². The molecule has 0 unspecified atom stereocenters. The number of methoxy groups -OCH3 is 1. The van der Waals surface area contributed by atoms with Gasteiger partial charge < -0.3 is 29.0 Å². The summed E-state index contributed by atoms with van der Waals surface area (Å²) >= 11 is 0. The molecule has 0 aliphatic rings. The molecule has 1 amide bonds. The fraction of sp³-hybridized carbons (Fsp3) is 0.250. The summed E-state index contributed by atoms with van der Waals surface area (Å²) < 4.78 is 22.1. The molecule has 0 bridgehead atoms. The van der Waals surface area contributed by atoms with E-state index in [1.807, 2.05) is 43.3 Å². The van der Waals surface area contributed by atoms with Crippen LogP contribution in [0, 0.1) is 6.92 Å². The van der Waals surface area contributed by atoms with Gasteiger partial charge in [0.05, 0.1) is 6.61 Å². The number of benzene rings is 3. The van der Waals surface area contributed by atoms with Crippen LogP contribution in [0.4, 0.5) is 0 Å². The number of nitrogens with zero attached hydrogens (tertiary/aromatic N) is 2. The maximum absolute atomic E-state index is 11.8. The number of nitrogens with one attached hydrogen (secondary N) is 1. The number of rotatable bonds is 12. The van der Waals surface area contributed by atoms with Gasteiger partial charge in [-0.1, -0.05) is 36.4 Å². The third kappa shape index (κ3) is 9.06. The van der Waals surface area contributed by atoms with Crippen LogP contribution >= 0.6 is 0 Å². The van der Waals surface area contributed by atoms with Gasteiger partial charge in [0, 0.05) is 20.2 Å². The molecule has 0 fully saturated rings. The van der Waals surface area contributed by atoms with E-state index < -0.39 is 11.4 Å². The normalized spacial score (nSPS) is 10.5. The number of aromatic nitrogens is 2. The Kier molecular flexibility index (Phi) is 11.8. The zero-order valence-corrected chi connectivity index (χ0v) is 25.3. The van der Waals surface area contributed by atoms with Crippen molar-refractivity contribution in [2.24, 2.45) is 0 Å². The van der Waals surface area contributed by atoms with E-state index in [4.69, 9.17) is 18.7 Å². The first-order valence-electron chi connectivity index (χ1n) is 12.0. The summed E-state index contributed by atoms with van der Waals surface area (Å²) in [5, 5.41) is 2.72. The minimum Gasteiger partial charge on any atom is -0.489 e. The van der Waals surface area contributed by atoms with E-state index in [2.05, 4.69) is 16.4 Å². The summed E-state index contributed by atoms with van der Waals surface area (Å²) in [7, 11) is 1.58. The number of hydrogen-bond acceptors (Lipinski definition) is 7. The summed E-state index contributed by atoms with van der Waals surface area (Å²) in [5.41, 5.74) is 4.16. The SMILES string of the molecule is COCCNC(=O)COc1ccc(-c2cccc(COc3ccc(Cn4oc(=O)[n-]c4=O)cc3)c2)c(C)c1.[K+]. The number of amides is 1. The van der Waals surface area contributed by atoms with Gasteiger partial charge in [-0.3, -0.25) is 14.3 Å². The van der Waals surface area contributed by atoms with Crippen LogP contribution in [0.3, 0.4) is 0 Å². The van der Waals surface area contributed by atoms with Crippen molar-refractivity contribution in [3.8, 4) is 22.6 Å². The van der Waals surface area contributed by atoms with Crippen molar-refractivity contribution >= 4 is 5.91 Å². The molecule has 0 spiro atoms. The second-order valence-corrected chi connectivity index (χ2v) is 8.53. The quantitative estimate of drug-likeness (QED) is 0.183. The van der Waals surface area contributed by atoms with Crippen LogP contribution in [-0.2, 0) is 22.7 Å². The van der Waals surface area contributed by atoms with Crippen molar-refractivity contribution in [1.82, 2.24) is 15.0 Å². The number of ether oxygens (including phenoxy) is 3. The first kappa shape index (κ1) is 30.6. The summed E-state index contributed by atoms with van der Waals surface area (Å²) in [5.74, 6) is 0.180. The summed E-state index contributed by atoms with van der Waals surface area (Å²) in [4.78, 5) is 37.6. The van der Waals surface area contributed by atoms with E-state index in [1.54, 1.807) is 31.4 Å². The molecule has 3 aromatic carbocycles. The Hall–Kier alpha value is -2.93. The monoisotopic (exact) mass is 557 g/mol. The second kappa shape index (κ2) is 15.0. The number of carbonyl (C=O) groups excluding carboxylic acids is 1. The van der Waals surface area contributed by atoms with Crippen LogP contribution < -0.4 is 82.6 Å². The maximum Gasteiger partial charge on any atom is 1.00 e. The average Bonchev–Trinajstić information content (AvgIpc) is 3.23. The van der Waals surface area contributed by atoms with E-state index in [0.29, 0.717) is 31.3 Å². The molecule has 11 heteroatoms. The van der Waals surface area contributed by atoms with E-state index >= 15 is 0 Å². The number of hydrogen-bond donors (Lipinski definition) is 1. The van der Waals surface area contributed by atoms with Crippen molar-refractivity contribution in [1.29, 1.82) is 0 Å². The van der Waals surface area contributed by atoms with E-state index in [0.717, 1.165) is 32.6 Å². The molecule has 10 nitrogen and oxygen atoms in total. The van der Waals surface area contributed by atoms with E-state index in [9.17, 15) is 14.4 Å². The van der Waals surface area contributed by atoms with Crippen LogP contribution in [-0.4, -0.2) is 37.5 Å². The van der Waals surface area contributed by atoms with Crippen molar-refractivity contribution in [2.45, 2.75) is 20.1 Å². The van der Waals surface area contributed by atoms with Gasteiger partial charge in [0.25, 0.3) is 5.91 Å². The molecule has 1 aromatic heterocycles. The Morgan fingerprint density at radius 2 is 1.74 bits per heavy atom. The summed E-state index contributed by atoms with van der Waals surface area (Å²) in [6.07, 6.45) is 0. The van der Waals surface area contributed by atoms with Crippen LogP contribution in [0.15, 0.2) is 80.8 Å². The molecular weight excluding hydrogens is 529 g/mol. The minimum atomic E-state index is -0.907. The second-order valence-electron chi connectivity index (χ2n) is 8.53. The topological polar surface area (TPSA) is 123 Å². The summed E-state index contributed by atoms with van der Waals surface area (Å²) in [6, 6.07) is 21.0. The maximum atomic E-state index is 11.8. The predicted molar refractivity (Wildman–Crippen MR) is 139 cm³/mol. The van der Waals surface area contributed by atoms with Crippen molar-refractivity contribution < 1.29 is 74.9 Å². The molecule has 0 radical (unpaired) electrons. The predicted octanol–water partition coefficient (Wildman–Crippen LogP) is -0.493. The molecule has 0 aliphatic heterocycles. The van der Waals surface area contributed by atoms with E-state index in [-0.39, 0.29) is 70.4 Å². The third-order valence-electron chi connectivity index (χ3n) is 5.68. The molecule has 1 heterocycles. The fourth-order valence-electron chi connectivity index (χ4n) is 3.78. The Morgan fingerprint density at radius 1 is 0.974 bits per heavy atom.